The van der Waals surface area contributed by atoms with Gasteiger partial charge in [0, 0.05) is 17.2 Å². The number of hydrogen-bond acceptors (Lipinski definition) is 14. The molecule has 3 heterocycles. The molecule has 14 nitrogen and oxygen atoms in total. The van der Waals surface area contributed by atoms with E-state index in [0.29, 0.717) is 54.8 Å². The van der Waals surface area contributed by atoms with Gasteiger partial charge >= 0.3 is 29.8 Å². The fraction of sp³-hybridized carbons (Fsp3) is 0.758. The average Bonchev–Trinajstić information content (AvgIpc) is 4.01. The van der Waals surface area contributed by atoms with Gasteiger partial charge in [0.15, 0.2) is 19.0 Å². The highest BCUT2D eigenvalue weighted by Crippen LogP contribution is 2.59. The first-order chi connectivity index (χ1) is 35.6. The van der Waals surface area contributed by atoms with Crippen LogP contribution in [0.15, 0.2) is 36.4 Å². The average molecular weight is 1060 g/mol. The van der Waals surface area contributed by atoms with E-state index in [1.165, 1.54) is 38.5 Å². The Labute approximate surface area is 451 Å². The maximum Gasteiger partial charge on any atom is 0.316 e. The molecule has 76 heavy (non-hydrogen) atoms. The molecule has 11 aliphatic rings. The van der Waals surface area contributed by atoms with E-state index >= 15 is 0 Å². The summed E-state index contributed by atoms with van der Waals surface area (Å²) in [6.45, 7) is 23.3. The molecule has 7 atom stereocenters. The number of benzene rings is 2. The number of carbonyl (C=O) groups excluding carboxylic acids is 5. The van der Waals surface area contributed by atoms with E-state index in [-0.39, 0.29) is 66.1 Å². The van der Waals surface area contributed by atoms with Gasteiger partial charge in [0.25, 0.3) is 0 Å². The third-order valence-electron chi connectivity index (χ3n) is 19.7. The lowest BCUT2D eigenvalue weighted by Crippen LogP contribution is -2.61. The molecule has 0 radical (unpaired) electrons. The molecule has 422 valence electrons. The topological polar surface area (TPSA) is 190 Å². The Kier molecular flexibility index (Phi) is 16.8. The van der Waals surface area contributed by atoms with Crippen LogP contribution < -0.4 is 4.74 Å². The van der Waals surface area contributed by atoms with Crippen LogP contribution >= 0.6 is 0 Å². The van der Waals surface area contributed by atoms with E-state index in [9.17, 15) is 34.2 Å². The van der Waals surface area contributed by atoms with Crippen molar-refractivity contribution in [2.24, 2.45) is 63.1 Å². The van der Waals surface area contributed by atoms with Crippen molar-refractivity contribution in [1.29, 1.82) is 0 Å². The highest BCUT2D eigenvalue weighted by Gasteiger charge is 2.65. The number of rotatable bonds is 14. The van der Waals surface area contributed by atoms with Crippen molar-refractivity contribution in [3.8, 4) is 11.5 Å². The maximum atomic E-state index is 12.4. The summed E-state index contributed by atoms with van der Waals surface area (Å²) in [7, 11) is 0. The first kappa shape index (κ1) is 57.9. The molecule has 0 amide bonds. The lowest BCUT2D eigenvalue weighted by Gasteiger charge is -2.59. The molecule has 13 rings (SSSR count). The molecule has 3 aliphatic heterocycles. The van der Waals surface area contributed by atoms with E-state index in [1.807, 2.05) is 89.2 Å². The van der Waals surface area contributed by atoms with Gasteiger partial charge in [-0.05, 0) is 199 Å². The van der Waals surface area contributed by atoms with Gasteiger partial charge in [-0.1, -0.05) is 52.0 Å². The second-order valence-corrected chi connectivity index (χ2v) is 27.1. The Bertz CT molecular complexity index is 2410. The van der Waals surface area contributed by atoms with Gasteiger partial charge < -0.3 is 43.4 Å². The number of fused-ring (bicyclic) bond motifs is 2. The number of ether oxygens (including phenoxy) is 7. The maximum absolute atomic E-state index is 12.4. The Morgan fingerprint density at radius 3 is 1.72 bits per heavy atom. The molecular formula is C62H90O14. The second-order valence-electron chi connectivity index (χ2n) is 27.1. The summed E-state index contributed by atoms with van der Waals surface area (Å²) >= 11 is 0. The molecule has 2 aromatic rings. The first-order valence-corrected chi connectivity index (χ1v) is 28.9. The van der Waals surface area contributed by atoms with Crippen LogP contribution in [0.2, 0.25) is 0 Å². The number of phenols is 1. The molecular weight excluding hydrogens is 969 g/mol. The molecule has 8 saturated carbocycles. The van der Waals surface area contributed by atoms with Gasteiger partial charge in [-0.15, -0.1) is 0 Å². The van der Waals surface area contributed by atoms with E-state index in [4.69, 9.17) is 33.2 Å². The summed E-state index contributed by atoms with van der Waals surface area (Å²) < 4.78 is 39.3. The monoisotopic (exact) mass is 1060 g/mol. The number of aromatic hydroxyl groups is 1. The Morgan fingerprint density at radius 2 is 1.14 bits per heavy atom. The molecule has 2 aromatic carbocycles. The van der Waals surface area contributed by atoms with Crippen LogP contribution in [-0.4, -0.2) is 88.6 Å². The molecule has 8 aliphatic carbocycles. The number of aliphatic hydroxyl groups is 1. The smallest absolute Gasteiger partial charge is 0.316 e. The van der Waals surface area contributed by atoms with Crippen LogP contribution in [0, 0.1) is 63.1 Å². The molecule has 2 N–H and O–H groups in total. The number of phenolic OH excluding ortho intramolecular Hbond substituents is 1. The molecule has 11 fully saturated rings. The SMILES string of the molecule is CCC(C)(C)C(=O)OC12CC3CC(CC(O)(C3)C1)C2.CCC(C)(C)C(=O)OC1C2CC3C(=O)OC1C3O2.CCC(C)(C)C(=O)OCOC1C2CC3CC(C2)CC1C3.CCC(C)(C)C(=O)Oc1cccc2c(O)cccc12. The molecule has 14 heteroatoms. The lowest BCUT2D eigenvalue weighted by molar-refractivity contribution is -0.225. The lowest BCUT2D eigenvalue weighted by atomic mass is 9.52. The summed E-state index contributed by atoms with van der Waals surface area (Å²) in [5.41, 5.74) is -2.74. The standard InChI is InChI=1S/C17H28O3.C16H26O3.C16H18O3.C13H18O5/c1-4-17(2,3)16(18)20-10-19-15-13-6-11-5-12(8-13)9-14(15)7-11;1-4-14(2,3)13(17)19-16-8-11-5-12(9-16)7-15(18,6-11)10-16;1-4-16(2,3)15(18)19-14-10-6-7-11-12(14)8-5-9-13(11)17;1-4-13(2,3)12(15)18-9-7-5-6-8(16-7)10(9)17-11(6)14/h11-15H,4-10H2,1-3H3;11-12,18H,4-10H2,1-3H3;5-10,17H,4H2,1-3H3;6-10H,4-5H2,1-3H3. The van der Waals surface area contributed by atoms with Crippen LogP contribution in [0.1, 0.15) is 186 Å². The summed E-state index contributed by atoms with van der Waals surface area (Å²) in [6, 6.07) is 10.5. The van der Waals surface area contributed by atoms with Gasteiger partial charge in [-0.2, -0.15) is 0 Å². The number of carbonyl (C=O) groups is 5. The van der Waals surface area contributed by atoms with Gasteiger partial charge in [-0.3, -0.25) is 24.0 Å². The zero-order chi connectivity index (χ0) is 55.3. The van der Waals surface area contributed by atoms with E-state index < -0.39 is 39.5 Å². The van der Waals surface area contributed by atoms with Gasteiger partial charge in [0.05, 0.1) is 45.4 Å². The largest absolute Gasteiger partial charge is 0.507 e. The Hall–Kier alpha value is -4.27. The Balaban J connectivity index is 0.000000134. The van der Waals surface area contributed by atoms with Crippen molar-refractivity contribution >= 4 is 40.6 Å². The quantitative estimate of drug-likeness (QED) is 0.0786. The van der Waals surface area contributed by atoms with Crippen molar-refractivity contribution in [2.75, 3.05) is 6.79 Å². The van der Waals surface area contributed by atoms with Crippen LogP contribution in [0.25, 0.3) is 10.8 Å². The van der Waals surface area contributed by atoms with Crippen LogP contribution in [0.4, 0.5) is 0 Å². The molecule has 0 aromatic heterocycles. The number of esters is 5. The predicted molar refractivity (Wildman–Crippen MR) is 285 cm³/mol. The molecule has 3 saturated heterocycles. The van der Waals surface area contributed by atoms with Gasteiger partial charge in [0.2, 0.25) is 0 Å². The third-order valence-corrected chi connectivity index (χ3v) is 19.7. The van der Waals surface area contributed by atoms with Crippen molar-refractivity contribution in [2.45, 2.75) is 228 Å². The Morgan fingerprint density at radius 1 is 0.618 bits per heavy atom. The fourth-order valence-corrected chi connectivity index (χ4v) is 13.9. The van der Waals surface area contributed by atoms with E-state index in [1.54, 1.807) is 30.3 Å². The second kappa shape index (κ2) is 22.1. The minimum absolute atomic E-state index is 0.0828. The normalized spacial score (nSPS) is 34.0. The van der Waals surface area contributed by atoms with Crippen molar-refractivity contribution in [1.82, 2.24) is 0 Å². The zero-order valence-corrected chi connectivity index (χ0v) is 47.7. The highest BCUT2D eigenvalue weighted by molar-refractivity contribution is 5.94. The molecule has 10 bridgehead atoms. The van der Waals surface area contributed by atoms with Crippen LogP contribution in [0.3, 0.4) is 0 Å². The third kappa shape index (κ3) is 12.1. The van der Waals surface area contributed by atoms with E-state index in [2.05, 4.69) is 0 Å². The molecule has 0 spiro atoms. The minimum atomic E-state index is -0.555. The van der Waals surface area contributed by atoms with Gasteiger partial charge in [-0.25, -0.2) is 0 Å². The van der Waals surface area contributed by atoms with E-state index in [0.717, 1.165) is 67.6 Å². The summed E-state index contributed by atoms with van der Waals surface area (Å²) in [4.78, 5) is 60.0. The fourth-order valence-electron chi connectivity index (χ4n) is 13.9. The van der Waals surface area contributed by atoms with Crippen LogP contribution in [-0.2, 0) is 52.4 Å². The van der Waals surface area contributed by atoms with Crippen molar-refractivity contribution < 1.29 is 67.3 Å². The summed E-state index contributed by atoms with van der Waals surface area (Å²) in [5, 5.41) is 21.9. The summed E-state index contributed by atoms with van der Waals surface area (Å²) in [5.74, 6) is 4.08. The number of hydrogen-bond donors (Lipinski definition) is 2. The zero-order valence-electron chi connectivity index (χ0n) is 47.7. The predicted octanol–water partition coefficient (Wildman–Crippen LogP) is 11.7. The first-order valence-electron chi connectivity index (χ1n) is 28.9. The minimum Gasteiger partial charge on any atom is -0.507 e. The highest BCUT2D eigenvalue weighted by atomic mass is 16.7. The van der Waals surface area contributed by atoms with Crippen molar-refractivity contribution in [3.63, 3.8) is 0 Å². The van der Waals surface area contributed by atoms with Crippen molar-refractivity contribution in [3.05, 3.63) is 36.4 Å². The van der Waals surface area contributed by atoms with Gasteiger partial charge in [0.1, 0.15) is 23.2 Å². The molecule has 7 unspecified atom stereocenters. The van der Waals surface area contributed by atoms with Crippen LogP contribution in [0.5, 0.6) is 11.5 Å². The summed E-state index contributed by atoms with van der Waals surface area (Å²) in [6.07, 6.45) is 15.3.